The van der Waals surface area contributed by atoms with Gasteiger partial charge in [-0.3, -0.25) is 5.32 Å². The number of methoxy groups -OCH3 is 1. The van der Waals surface area contributed by atoms with Crippen molar-refractivity contribution in [1.82, 2.24) is 5.32 Å². The Morgan fingerprint density at radius 2 is 2.33 bits per heavy atom. The van der Waals surface area contributed by atoms with E-state index in [0.29, 0.717) is 19.7 Å². The largest absolute Gasteiger partial charge is 0.382 e. The number of rotatable bonds is 7. The van der Waals surface area contributed by atoms with E-state index in [-0.39, 0.29) is 5.92 Å². The van der Waals surface area contributed by atoms with Gasteiger partial charge in [0.25, 0.3) is 0 Å². The molecule has 0 aliphatic rings. The summed E-state index contributed by atoms with van der Waals surface area (Å²) < 4.78 is 5.03. The molecule has 0 fully saturated rings. The maximum atomic E-state index is 9.14. The van der Waals surface area contributed by atoms with Crippen molar-refractivity contribution in [2.75, 3.05) is 26.8 Å². The zero-order valence-corrected chi connectivity index (χ0v) is 9.40. The molecule has 0 spiro atoms. The van der Waals surface area contributed by atoms with Crippen LogP contribution in [0.15, 0.2) is 5.11 Å². The second kappa shape index (κ2) is 7.07. The van der Waals surface area contributed by atoms with Crippen LogP contribution in [0.25, 0.3) is 10.4 Å². The van der Waals surface area contributed by atoms with E-state index in [9.17, 15) is 0 Å². The molecule has 0 rings (SSSR count). The zero-order valence-electron chi connectivity index (χ0n) is 9.40. The Balaban J connectivity index is 4.36. The minimum atomic E-state index is -0.709. The number of nitrogens with zero attached hydrogens (tertiary/aromatic N) is 4. The lowest BCUT2D eigenvalue weighted by atomic mass is 9.88. The summed E-state index contributed by atoms with van der Waals surface area (Å²) >= 11 is 0. The lowest BCUT2D eigenvalue weighted by Gasteiger charge is -2.30. The van der Waals surface area contributed by atoms with Crippen molar-refractivity contribution in [3.8, 4) is 6.07 Å². The van der Waals surface area contributed by atoms with Crippen LogP contribution >= 0.6 is 0 Å². The molecule has 0 aromatic heterocycles. The molecule has 84 valence electrons. The Bertz CT molecular complexity index is 266. The standard InChI is InChI=1S/C9H17N5O/c1-8(2)9(6-10,7-15-3)12-4-5-13-14-11/h8,12H,4-5,7H2,1-3H3. The lowest BCUT2D eigenvalue weighted by Crippen LogP contribution is -2.52. The van der Waals surface area contributed by atoms with E-state index in [2.05, 4.69) is 21.4 Å². The van der Waals surface area contributed by atoms with E-state index in [1.165, 1.54) is 0 Å². The van der Waals surface area contributed by atoms with Crippen LogP contribution in [-0.4, -0.2) is 32.3 Å². The highest BCUT2D eigenvalue weighted by Crippen LogP contribution is 2.16. The first-order valence-corrected chi connectivity index (χ1v) is 4.79. The lowest BCUT2D eigenvalue weighted by molar-refractivity contribution is 0.113. The van der Waals surface area contributed by atoms with Gasteiger partial charge in [-0.15, -0.1) is 0 Å². The molecule has 0 aromatic carbocycles. The normalized spacial score (nSPS) is 14.1. The first-order chi connectivity index (χ1) is 7.13. The SMILES string of the molecule is COCC(C#N)(NCCN=[N+]=[N-])C(C)C. The fourth-order valence-electron chi connectivity index (χ4n) is 1.22. The topological polar surface area (TPSA) is 93.8 Å². The molecule has 6 nitrogen and oxygen atoms in total. The monoisotopic (exact) mass is 211 g/mol. The van der Waals surface area contributed by atoms with Crippen molar-refractivity contribution in [2.24, 2.45) is 11.0 Å². The molecule has 0 aromatic rings. The third-order valence-electron chi connectivity index (χ3n) is 2.27. The van der Waals surface area contributed by atoms with E-state index in [1.54, 1.807) is 7.11 Å². The Labute approximate surface area is 89.8 Å². The molecule has 0 bridgehead atoms. The van der Waals surface area contributed by atoms with Crippen molar-refractivity contribution in [3.63, 3.8) is 0 Å². The van der Waals surface area contributed by atoms with E-state index in [4.69, 9.17) is 15.5 Å². The molecule has 0 amide bonds. The zero-order chi connectivity index (χ0) is 11.7. The highest BCUT2D eigenvalue weighted by atomic mass is 16.5. The van der Waals surface area contributed by atoms with E-state index >= 15 is 0 Å². The van der Waals surface area contributed by atoms with Gasteiger partial charge in [0.2, 0.25) is 0 Å². The molecule has 0 saturated carbocycles. The summed E-state index contributed by atoms with van der Waals surface area (Å²) in [5, 5.41) is 15.6. The number of ether oxygens (including phenoxy) is 1. The second-order valence-electron chi connectivity index (χ2n) is 3.55. The van der Waals surface area contributed by atoms with Gasteiger partial charge in [0, 0.05) is 25.1 Å². The molecule has 6 heteroatoms. The van der Waals surface area contributed by atoms with Crippen molar-refractivity contribution in [2.45, 2.75) is 19.4 Å². The molecule has 15 heavy (non-hydrogen) atoms. The summed E-state index contributed by atoms with van der Waals surface area (Å²) in [7, 11) is 1.56. The van der Waals surface area contributed by atoms with Crippen LogP contribution in [0, 0.1) is 17.2 Å². The predicted octanol–water partition coefficient (Wildman–Crippen LogP) is 1.45. The van der Waals surface area contributed by atoms with Crippen LogP contribution in [0.1, 0.15) is 13.8 Å². The summed E-state index contributed by atoms with van der Waals surface area (Å²) in [5.41, 5.74) is 7.40. The minimum Gasteiger partial charge on any atom is -0.382 e. The fourth-order valence-corrected chi connectivity index (χ4v) is 1.22. The van der Waals surface area contributed by atoms with Gasteiger partial charge in [0.05, 0.1) is 12.7 Å². The molecule has 0 heterocycles. The Kier molecular flexibility index (Phi) is 6.47. The van der Waals surface area contributed by atoms with E-state index in [0.717, 1.165) is 0 Å². The van der Waals surface area contributed by atoms with Gasteiger partial charge in [-0.1, -0.05) is 19.0 Å². The number of nitriles is 1. The number of nitrogens with one attached hydrogen (secondary N) is 1. The summed E-state index contributed by atoms with van der Waals surface area (Å²) in [6, 6.07) is 2.22. The summed E-state index contributed by atoms with van der Waals surface area (Å²) in [4.78, 5) is 2.64. The fraction of sp³-hybridized carbons (Fsp3) is 0.889. The smallest absolute Gasteiger partial charge is 0.132 e. The highest BCUT2D eigenvalue weighted by Gasteiger charge is 2.33. The van der Waals surface area contributed by atoms with Crippen LogP contribution < -0.4 is 5.32 Å². The van der Waals surface area contributed by atoms with Crippen LogP contribution in [0.4, 0.5) is 0 Å². The van der Waals surface area contributed by atoms with Crippen LogP contribution in [0.3, 0.4) is 0 Å². The van der Waals surface area contributed by atoms with Gasteiger partial charge >= 0.3 is 0 Å². The minimum absolute atomic E-state index is 0.119. The summed E-state index contributed by atoms with van der Waals surface area (Å²) in [6.45, 7) is 5.01. The van der Waals surface area contributed by atoms with E-state index < -0.39 is 5.54 Å². The first-order valence-electron chi connectivity index (χ1n) is 4.79. The first kappa shape index (κ1) is 13.7. The van der Waals surface area contributed by atoms with E-state index in [1.807, 2.05) is 13.8 Å². The van der Waals surface area contributed by atoms with Crippen LogP contribution in [0.2, 0.25) is 0 Å². The average molecular weight is 211 g/mol. The van der Waals surface area contributed by atoms with Crippen LogP contribution in [0.5, 0.6) is 0 Å². The summed E-state index contributed by atoms with van der Waals surface area (Å²) in [5.74, 6) is 0.119. The Hall–Kier alpha value is -1.28. The number of azide groups is 1. The summed E-state index contributed by atoms with van der Waals surface area (Å²) in [6.07, 6.45) is 0. The van der Waals surface area contributed by atoms with Gasteiger partial charge in [-0.25, -0.2) is 0 Å². The molecule has 0 aliphatic carbocycles. The second-order valence-corrected chi connectivity index (χ2v) is 3.55. The third kappa shape index (κ3) is 4.17. The maximum Gasteiger partial charge on any atom is 0.132 e. The van der Waals surface area contributed by atoms with Gasteiger partial charge in [-0.05, 0) is 11.4 Å². The van der Waals surface area contributed by atoms with Gasteiger partial charge < -0.3 is 4.74 Å². The molecule has 0 aliphatic heterocycles. The van der Waals surface area contributed by atoms with Crippen molar-refractivity contribution in [3.05, 3.63) is 10.4 Å². The van der Waals surface area contributed by atoms with Crippen LogP contribution in [-0.2, 0) is 4.74 Å². The van der Waals surface area contributed by atoms with Gasteiger partial charge in [0.15, 0.2) is 0 Å². The molecule has 0 radical (unpaired) electrons. The molecule has 1 N–H and O–H groups in total. The highest BCUT2D eigenvalue weighted by molar-refractivity contribution is 5.09. The van der Waals surface area contributed by atoms with Gasteiger partial charge in [0.1, 0.15) is 5.54 Å². The van der Waals surface area contributed by atoms with Crippen molar-refractivity contribution in [1.29, 1.82) is 5.26 Å². The molecule has 1 unspecified atom stereocenters. The molecule has 0 saturated heterocycles. The molecular weight excluding hydrogens is 194 g/mol. The number of hydrogen-bond acceptors (Lipinski definition) is 4. The molecule has 1 atom stereocenters. The van der Waals surface area contributed by atoms with Crippen molar-refractivity contribution >= 4 is 0 Å². The predicted molar refractivity (Wildman–Crippen MR) is 57.1 cm³/mol. The average Bonchev–Trinajstić information content (AvgIpc) is 2.22. The third-order valence-corrected chi connectivity index (χ3v) is 2.27. The quantitative estimate of drug-likeness (QED) is 0.299. The van der Waals surface area contributed by atoms with Gasteiger partial charge in [-0.2, -0.15) is 5.26 Å². The maximum absolute atomic E-state index is 9.14. The Morgan fingerprint density at radius 1 is 1.67 bits per heavy atom. The number of hydrogen-bond donors (Lipinski definition) is 1. The Morgan fingerprint density at radius 3 is 2.73 bits per heavy atom. The van der Waals surface area contributed by atoms with Crippen molar-refractivity contribution < 1.29 is 4.74 Å². The molecular formula is C9H17N5O.